The van der Waals surface area contributed by atoms with E-state index in [1.165, 1.54) is 36.4 Å². The van der Waals surface area contributed by atoms with Crippen LogP contribution in [-0.4, -0.2) is 44.6 Å². The fourth-order valence-corrected chi connectivity index (χ4v) is 7.16. The van der Waals surface area contributed by atoms with Crippen LogP contribution in [0.25, 0.3) is 11.1 Å². The van der Waals surface area contributed by atoms with Crippen LogP contribution in [0.15, 0.2) is 72.8 Å². The van der Waals surface area contributed by atoms with Gasteiger partial charge in [0, 0.05) is 17.5 Å². The van der Waals surface area contributed by atoms with E-state index in [1.54, 1.807) is 0 Å². The zero-order chi connectivity index (χ0) is 33.1. The molecule has 1 N–H and O–H groups in total. The molecule has 1 aliphatic carbocycles. The lowest BCUT2D eigenvalue weighted by Crippen LogP contribution is -2.65. The first-order chi connectivity index (χ1) is 21.8. The maximum Gasteiger partial charge on any atom is 0.534 e. The van der Waals surface area contributed by atoms with E-state index in [-0.39, 0.29) is 67.1 Å². The predicted octanol–water partition coefficient (Wildman–Crippen LogP) is 5.94. The number of amides is 1. The summed E-state index contributed by atoms with van der Waals surface area (Å²) in [6.07, 6.45) is 1.16. The van der Waals surface area contributed by atoms with E-state index in [1.807, 2.05) is 37.3 Å². The molecule has 0 aromatic heterocycles. The van der Waals surface area contributed by atoms with Crippen molar-refractivity contribution >= 4 is 22.0 Å². The van der Waals surface area contributed by atoms with Crippen molar-refractivity contribution in [3.8, 4) is 16.9 Å². The van der Waals surface area contributed by atoms with Crippen molar-refractivity contribution in [1.82, 2.24) is 5.32 Å². The van der Waals surface area contributed by atoms with Crippen LogP contribution in [0.1, 0.15) is 37.3 Å². The molecule has 2 aliphatic rings. The highest BCUT2D eigenvalue weighted by Gasteiger charge is 2.51. The third-order valence-electron chi connectivity index (χ3n) is 8.53. The van der Waals surface area contributed by atoms with E-state index in [2.05, 4.69) is 9.50 Å². The molecule has 13 heteroatoms. The van der Waals surface area contributed by atoms with E-state index < -0.39 is 44.6 Å². The SMILES string of the molecule is C[C@H]1CC(CC(=O)OCc2ccccc2)C(Cc2cccc(-c3ccccc3OS(=O)(=O)C(F)(F)F)c2F)C2(COCC(=O)N2)C1. The fraction of sp³-hybridized carbons (Fsp3) is 0.394. The number of hydrogen-bond acceptors (Lipinski definition) is 7. The summed E-state index contributed by atoms with van der Waals surface area (Å²) in [5.41, 5.74) is -5.99. The quantitative estimate of drug-likeness (QED) is 0.131. The number of alkyl halides is 3. The Morgan fingerprint density at radius 3 is 2.43 bits per heavy atom. The minimum atomic E-state index is -6.02. The van der Waals surface area contributed by atoms with Gasteiger partial charge in [0.2, 0.25) is 5.91 Å². The summed E-state index contributed by atoms with van der Waals surface area (Å²) in [5.74, 6) is -3.01. The van der Waals surface area contributed by atoms with Gasteiger partial charge in [0.05, 0.1) is 12.1 Å². The third kappa shape index (κ3) is 7.36. The van der Waals surface area contributed by atoms with Gasteiger partial charge in [-0.05, 0) is 54.2 Å². The molecule has 0 radical (unpaired) electrons. The average Bonchev–Trinajstić information content (AvgIpc) is 2.99. The minimum Gasteiger partial charge on any atom is -0.461 e. The number of morpholine rings is 1. The van der Waals surface area contributed by atoms with Crippen molar-refractivity contribution in [2.75, 3.05) is 13.2 Å². The molecular formula is C33H33F4NO7S. The molecule has 8 nitrogen and oxygen atoms in total. The van der Waals surface area contributed by atoms with E-state index >= 15 is 4.39 Å². The zero-order valence-electron chi connectivity index (χ0n) is 24.9. The Labute approximate surface area is 264 Å². The highest BCUT2D eigenvalue weighted by Crippen LogP contribution is 2.46. The van der Waals surface area contributed by atoms with Crippen molar-refractivity contribution in [3.05, 3.63) is 89.7 Å². The van der Waals surface area contributed by atoms with Gasteiger partial charge >= 0.3 is 21.6 Å². The summed E-state index contributed by atoms with van der Waals surface area (Å²) in [5, 5.41) is 3.08. The van der Waals surface area contributed by atoms with Crippen LogP contribution in [-0.2, 0) is 42.2 Å². The molecule has 1 aliphatic heterocycles. The molecule has 1 amide bonds. The Kier molecular flexibility index (Phi) is 9.73. The number of carbonyl (C=O) groups excluding carboxylic acids is 2. The Balaban J connectivity index is 1.47. The maximum absolute atomic E-state index is 16.3. The third-order valence-corrected chi connectivity index (χ3v) is 9.49. The highest BCUT2D eigenvalue weighted by atomic mass is 32.2. The lowest BCUT2D eigenvalue weighted by atomic mass is 9.60. The van der Waals surface area contributed by atoms with Crippen LogP contribution < -0.4 is 9.50 Å². The normalized spacial score (nSPS) is 23.5. The van der Waals surface area contributed by atoms with Gasteiger partial charge in [0.15, 0.2) is 5.75 Å². The molecule has 1 saturated heterocycles. The Hall–Kier alpha value is -3.97. The summed E-state index contributed by atoms with van der Waals surface area (Å²) in [6.45, 7) is 2.11. The fourth-order valence-electron chi connectivity index (χ4n) is 6.68. The van der Waals surface area contributed by atoms with Gasteiger partial charge in [0.25, 0.3) is 0 Å². The smallest absolute Gasteiger partial charge is 0.461 e. The molecule has 1 saturated carbocycles. The summed E-state index contributed by atoms with van der Waals surface area (Å²) < 4.78 is 94.8. The van der Waals surface area contributed by atoms with E-state index in [0.717, 1.165) is 11.6 Å². The Morgan fingerprint density at radius 1 is 1.02 bits per heavy atom. The molecule has 3 aromatic carbocycles. The van der Waals surface area contributed by atoms with Crippen LogP contribution in [0.4, 0.5) is 17.6 Å². The average molecular weight is 664 g/mol. The number of benzene rings is 3. The van der Waals surface area contributed by atoms with Gasteiger partial charge < -0.3 is 19.0 Å². The lowest BCUT2D eigenvalue weighted by molar-refractivity contribution is -0.150. The summed E-state index contributed by atoms with van der Waals surface area (Å²) in [6, 6.07) is 18.5. The molecule has 3 unspecified atom stereocenters. The predicted molar refractivity (Wildman–Crippen MR) is 159 cm³/mol. The molecular weight excluding hydrogens is 630 g/mol. The number of ether oxygens (including phenoxy) is 2. The number of hydrogen-bond donors (Lipinski definition) is 1. The number of esters is 1. The van der Waals surface area contributed by atoms with E-state index in [4.69, 9.17) is 9.47 Å². The van der Waals surface area contributed by atoms with Gasteiger partial charge in [-0.2, -0.15) is 21.6 Å². The molecule has 4 atom stereocenters. The first kappa shape index (κ1) is 33.4. The van der Waals surface area contributed by atoms with Gasteiger partial charge in [-0.15, -0.1) is 0 Å². The van der Waals surface area contributed by atoms with E-state index in [9.17, 15) is 31.2 Å². The van der Waals surface area contributed by atoms with Crippen molar-refractivity contribution < 1.29 is 49.2 Å². The first-order valence-corrected chi connectivity index (χ1v) is 16.1. The van der Waals surface area contributed by atoms with Gasteiger partial charge in [0.1, 0.15) is 19.0 Å². The van der Waals surface area contributed by atoms with E-state index in [0.29, 0.717) is 12.8 Å². The van der Waals surface area contributed by atoms with Crippen molar-refractivity contribution in [2.45, 2.75) is 50.3 Å². The molecule has 46 heavy (non-hydrogen) atoms. The number of para-hydroxylation sites is 1. The Morgan fingerprint density at radius 2 is 1.72 bits per heavy atom. The molecule has 1 heterocycles. The first-order valence-electron chi connectivity index (χ1n) is 14.7. The number of halogens is 4. The number of rotatable bonds is 9. The molecule has 2 fully saturated rings. The zero-order valence-corrected chi connectivity index (χ0v) is 25.7. The summed E-state index contributed by atoms with van der Waals surface area (Å²) >= 11 is 0. The van der Waals surface area contributed by atoms with Crippen molar-refractivity contribution in [3.63, 3.8) is 0 Å². The van der Waals surface area contributed by atoms with Crippen molar-refractivity contribution in [2.24, 2.45) is 17.8 Å². The lowest BCUT2D eigenvalue weighted by Gasteiger charge is -2.52. The molecule has 246 valence electrons. The van der Waals surface area contributed by atoms with Crippen LogP contribution in [0.2, 0.25) is 0 Å². The van der Waals surface area contributed by atoms with Crippen LogP contribution in [0, 0.1) is 23.6 Å². The second-order valence-corrected chi connectivity index (χ2v) is 13.5. The molecule has 3 aromatic rings. The maximum atomic E-state index is 16.3. The van der Waals surface area contributed by atoms with Gasteiger partial charge in [-0.25, -0.2) is 4.39 Å². The topological polar surface area (TPSA) is 108 Å². The largest absolute Gasteiger partial charge is 0.534 e. The summed E-state index contributed by atoms with van der Waals surface area (Å²) in [4.78, 5) is 25.7. The number of carbonyl (C=O) groups is 2. The number of nitrogens with one attached hydrogen (secondary N) is 1. The van der Waals surface area contributed by atoms with Gasteiger partial charge in [-0.1, -0.05) is 73.7 Å². The second-order valence-electron chi connectivity index (χ2n) is 11.9. The highest BCUT2D eigenvalue weighted by molar-refractivity contribution is 7.88. The molecule has 5 rings (SSSR count). The van der Waals surface area contributed by atoms with Gasteiger partial charge in [-0.3, -0.25) is 9.59 Å². The Bertz CT molecular complexity index is 1680. The molecule has 1 spiro atoms. The molecule has 0 bridgehead atoms. The summed E-state index contributed by atoms with van der Waals surface area (Å²) in [7, 11) is -6.02. The minimum absolute atomic E-state index is 0.00669. The van der Waals surface area contributed by atoms with Crippen LogP contribution in [0.5, 0.6) is 5.75 Å². The van der Waals surface area contributed by atoms with Crippen molar-refractivity contribution in [1.29, 1.82) is 0 Å². The monoisotopic (exact) mass is 663 g/mol. The van der Waals surface area contributed by atoms with Crippen LogP contribution >= 0.6 is 0 Å². The second kappa shape index (κ2) is 13.4. The van der Waals surface area contributed by atoms with Crippen LogP contribution in [0.3, 0.4) is 0 Å². The standard InChI is InChI=1S/C33H33F4NO7S/c1-21-14-24(16-30(40)44-18-22-8-3-2-4-9-22)27(32(17-21)20-43-19-29(39)38-32)15-23-10-7-12-26(31(23)34)25-11-5-6-13-28(25)45-46(41,42)33(35,36)37/h2-13,21,24,27H,14-20H2,1H3,(H,38,39)/t21-,24?,27?,32?/m0/s1.